The summed E-state index contributed by atoms with van der Waals surface area (Å²) >= 11 is 0. The number of hydrogen-bond donors (Lipinski definition) is 2. The summed E-state index contributed by atoms with van der Waals surface area (Å²) in [5.41, 5.74) is 2.77. The third-order valence-electron chi connectivity index (χ3n) is 3.83. The van der Waals surface area contributed by atoms with Crippen LogP contribution in [0.4, 0.5) is 0 Å². The molecule has 1 radical (unpaired) electrons. The molecule has 0 amide bonds. The Labute approximate surface area is 146 Å². The monoisotopic (exact) mass is 354 g/mol. The number of nitrogens with two attached hydrogens (primary N) is 1. The second-order valence-corrected chi connectivity index (χ2v) is 6.97. The molecule has 0 bridgehead atoms. The highest BCUT2D eigenvalue weighted by molar-refractivity contribution is 7.89. The molecule has 25 heavy (non-hydrogen) atoms. The molecule has 3 aromatic carbocycles. The Morgan fingerprint density at radius 3 is 2.12 bits per heavy atom. The number of hydrogen-bond acceptors (Lipinski definition) is 4. The van der Waals surface area contributed by atoms with E-state index in [1.165, 1.54) is 12.1 Å². The Kier molecular flexibility index (Phi) is 4.48. The predicted molar refractivity (Wildman–Crippen MR) is 95.7 cm³/mol. The van der Waals surface area contributed by atoms with Crippen LogP contribution in [0, 0.1) is 6.07 Å². The molecule has 6 heteroatoms. The lowest BCUT2D eigenvalue weighted by molar-refractivity contribution is 0.415. The zero-order valence-electron chi connectivity index (χ0n) is 13.4. The SMILES string of the molecule is COc1ccc(-c2c(-c3ccc(S(N)(=O)=O)cc3)[c]ccc2O)cc1. The number of phenolic OH excluding ortho intramolecular Hbond substituents is 1. The first kappa shape index (κ1) is 17.0. The van der Waals surface area contributed by atoms with Crippen molar-refractivity contribution in [3.63, 3.8) is 0 Å². The first-order valence-electron chi connectivity index (χ1n) is 7.41. The Hall–Kier alpha value is -2.83. The summed E-state index contributed by atoms with van der Waals surface area (Å²) in [6.45, 7) is 0. The van der Waals surface area contributed by atoms with Gasteiger partial charge in [-0.05, 0) is 47.5 Å². The van der Waals surface area contributed by atoms with Crippen molar-refractivity contribution in [2.75, 3.05) is 7.11 Å². The normalized spacial score (nSPS) is 11.3. The van der Waals surface area contributed by atoms with Gasteiger partial charge >= 0.3 is 0 Å². The van der Waals surface area contributed by atoms with Gasteiger partial charge in [0.15, 0.2) is 0 Å². The number of aromatic hydroxyl groups is 1. The molecule has 0 saturated heterocycles. The Morgan fingerprint density at radius 1 is 0.960 bits per heavy atom. The largest absolute Gasteiger partial charge is 0.507 e. The van der Waals surface area contributed by atoms with Gasteiger partial charge in [-0.3, -0.25) is 0 Å². The van der Waals surface area contributed by atoms with E-state index in [-0.39, 0.29) is 10.6 Å². The quantitative estimate of drug-likeness (QED) is 0.753. The number of phenols is 1. The van der Waals surface area contributed by atoms with Gasteiger partial charge in [-0.25, -0.2) is 13.6 Å². The summed E-state index contributed by atoms with van der Waals surface area (Å²) in [4.78, 5) is 0.0300. The summed E-state index contributed by atoms with van der Waals surface area (Å²) in [6.07, 6.45) is 0. The zero-order chi connectivity index (χ0) is 18.0. The van der Waals surface area contributed by atoms with E-state index < -0.39 is 10.0 Å². The molecule has 3 aromatic rings. The van der Waals surface area contributed by atoms with Crippen molar-refractivity contribution in [3.8, 4) is 33.8 Å². The minimum atomic E-state index is -3.75. The average molecular weight is 354 g/mol. The average Bonchev–Trinajstić information content (AvgIpc) is 2.61. The number of ether oxygens (including phenoxy) is 1. The van der Waals surface area contributed by atoms with Crippen molar-refractivity contribution in [3.05, 3.63) is 66.7 Å². The van der Waals surface area contributed by atoms with Gasteiger partial charge in [0, 0.05) is 11.1 Å². The maximum atomic E-state index is 11.4. The van der Waals surface area contributed by atoms with Crippen molar-refractivity contribution in [1.29, 1.82) is 0 Å². The molecule has 3 rings (SSSR count). The Morgan fingerprint density at radius 2 is 1.56 bits per heavy atom. The van der Waals surface area contributed by atoms with Gasteiger partial charge < -0.3 is 9.84 Å². The molecule has 0 saturated carbocycles. The molecule has 0 heterocycles. The summed E-state index contributed by atoms with van der Waals surface area (Å²) in [6, 6.07) is 19.7. The molecular weight excluding hydrogens is 338 g/mol. The van der Waals surface area contributed by atoms with Crippen LogP contribution in [0.2, 0.25) is 0 Å². The van der Waals surface area contributed by atoms with Crippen molar-refractivity contribution < 1.29 is 18.3 Å². The molecule has 5 nitrogen and oxygen atoms in total. The van der Waals surface area contributed by atoms with Crippen LogP contribution < -0.4 is 9.88 Å². The molecular formula is C19H16NO4S. The third-order valence-corrected chi connectivity index (χ3v) is 4.75. The van der Waals surface area contributed by atoms with Gasteiger partial charge in [0.05, 0.1) is 12.0 Å². The van der Waals surface area contributed by atoms with Crippen LogP contribution in [0.5, 0.6) is 11.5 Å². The lowest BCUT2D eigenvalue weighted by atomic mass is 9.94. The van der Waals surface area contributed by atoms with Crippen LogP contribution in [0.25, 0.3) is 22.3 Å². The van der Waals surface area contributed by atoms with Crippen LogP contribution in [0.1, 0.15) is 0 Å². The highest BCUT2D eigenvalue weighted by Gasteiger charge is 2.14. The Bertz CT molecular complexity index is 995. The van der Waals surface area contributed by atoms with Crippen LogP contribution in [0.3, 0.4) is 0 Å². The molecule has 0 unspecified atom stereocenters. The highest BCUT2D eigenvalue weighted by atomic mass is 32.2. The fraction of sp³-hybridized carbons (Fsp3) is 0.0526. The molecule has 0 aromatic heterocycles. The molecule has 0 aliphatic rings. The third kappa shape index (κ3) is 3.50. The summed E-state index contributed by atoms with van der Waals surface area (Å²) in [5.74, 6) is 0.816. The van der Waals surface area contributed by atoms with E-state index in [0.717, 1.165) is 5.56 Å². The maximum absolute atomic E-state index is 11.4. The van der Waals surface area contributed by atoms with E-state index in [1.807, 2.05) is 12.1 Å². The number of benzene rings is 3. The van der Waals surface area contributed by atoms with Crippen molar-refractivity contribution >= 4 is 10.0 Å². The molecule has 3 N–H and O–H groups in total. The van der Waals surface area contributed by atoms with E-state index in [2.05, 4.69) is 6.07 Å². The highest BCUT2D eigenvalue weighted by Crippen LogP contribution is 2.38. The lowest BCUT2D eigenvalue weighted by Gasteiger charge is -2.13. The summed E-state index contributed by atoms with van der Waals surface area (Å²) in [7, 11) is -2.17. The fourth-order valence-electron chi connectivity index (χ4n) is 2.58. The van der Waals surface area contributed by atoms with Gasteiger partial charge in [-0.1, -0.05) is 30.3 Å². The van der Waals surface area contributed by atoms with E-state index in [0.29, 0.717) is 22.4 Å². The van der Waals surface area contributed by atoms with Crippen LogP contribution in [-0.4, -0.2) is 20.6 Å². The maximum Gasteiger partial charge on any atom is 0.238 e. The standard InChI is InChI=1S/C19H16NO4S/c1-24-15-9-5-14(6-10-15)19-17(3-2-4-18(19)21)13-7-11-16(12-8-13)25(20,22)23/h2,4-12,21H,1H3,(H2,20,22,23). The van der Waals surface area contributed by atoms with E-state index in [1.54, 1.807) is 43.5 Å². The van der Waals surface area contributed by atoms with Crippen molar-refractivity contribution in [2.24, 2.45) is 5.14 Å². The summed E-state index contributed by atoms with van der Waals surface area (Å²) in [5, 5.41) is 15.5. The molecule has 0 aliphatic carbocycles. The first-order valence-corrected chi connectivity index (χ1v) is 8.96. The number of sulfonamides is 1. The smallest absolute Gasteiger partial charge is 0.238 e. The van der Waals surface area contributed by atoms with Crippen molar-refractivity contribution in [1.82, 2.24) is 0 Å². The first-order chi connectivity index (χ1) is 11.9. The second kappa shape index (κ2) is 6.58. The zero-order valence-corrected chi connectivity index (χ0v) is 14.2. The number of primary sulfonamides is 1. The molecule has 0 aliphatic heterocycles. The van der Waals surface area contributed by atoms with Gasteiger partial charge in [0.2, 0.25) is 10.0 Å². The van der Waals surface area contributed by atoms with Gasteiger partial charge in [-0.2, -0.15) is 0 Å². The number of methoxy groups -OCH3 is 1. The van der Waals surface area contributed by atoms with Crippen LogP contribution in [0.15, 0.2) is 65.6 Å². The number of rotatable bonds is 4. The summed E-state index contributed by atoms with van der Waals surface area (Å²) < 4.78 is 28.0. The molecule has 0 fully saturated rings. The van der Waals surface area contributed by atoms with E-state index in [4.69, 9.17) is 9.88 Å². The lowest BCUT2D eigenvalue weighted by Crippen LogP contribution is -2.11. The Balaban J connectivity index is 2.12. The van der Waals surface area contributed by atoms with Crippen molar-refractivity contribution in [2.45, 2.75) is 4.90 Å². The van der Waals surface area contributed by atoms with E-state index in [9.17, 15) is 13.5 Å². The van der Waals surface area contributed by atoms with Gasteiger partial charge in [0.1, 0.15) is 11.5 Å². The topological polar surface area (TPSA) is 89.6 Å². The van der Waals surface area contributed by atoms with Crippen LogP contribution in [-0.2, 0) is 10.0 Å². The molecule has 0 spiro atoms. The molecule has 127 valence electrons. The minimum Gasteiger partial charge on any atom is -0.507 e. The minimum absolute atomic E-state index is 0.0300. The van der Waals surface area contributed by atoms with Gasteiger partial charge in [0.25, 0.3) is 0 Å². The predicted octanol–water partition coefficient (Wildman–Crippen LogP) is 3.18. The molecule has 0 atom stereocenters. The van der Waals surface area contributed by atoms with Crippen LogP contribution >= 0.6 is 0 Å². The van der Waals surface area contributed by atoms with Gasteiger partial charge in [-0.15, -0.1) is 0 Å². The second-order valence-electron chi connectivity index (χ2n) is 5.41. The fourth-order valence-corrected chi connectivity index (χ4v) is 3.09. The van der Waals surface area contributed by atoms with E-state index >= 15 is 0 Å².